The molecule has 0 aliphatic rings. The quantitative estimate of drug-likeness (QED) is 0.784. The van der Waals surface area contributed by atoms with Crippen LogP contribution in [0, 0.1) is 0 Å². The lowest BCUT2D eigenvalue weighted by Crippen LogP contribution is -2.44. The van der Waals surface area contributed by atoms with Crippen LogP contribution in [-0.4, -0.2) is 25.5 Å². The predicted octanol–water partition coefficient (Wildman–Crippen LogP) is 2.12. The van der Waals surface area contributed by atoms with Crippen molar-refractivity contribution in [2.45, 2.75) is 6.42 Å². The van der Waals surface area contributed by atoms with Crippen LogP contribution in [0.4, 0.5) is 0 Å². The van der Waals surface area contributed by atoms with E-state index < -0.39 is 5.91 Å². The van der Waals surface area contributed by atoms with Crippen molar-refractivity contribution in [3.05, 3.63) is 59.1 Å². The van der Waals surface area contributed by atoms with Crippen molar-refractivity contribution in [3.63, 3.8) is 0 Å². The third-order valence-electron chi connectivity index (χ3n) is 3.07. The second kappa shape index (κ2) is 8.79. The molecule has 0 fully saturated rings. The number of halogens is 1. The van der Waals surface area contributed by atoms with Gasteiger partial charge in [-0.25, -0.2) is 0 Å². The van der Waals surface area contributed by atoms with Crippen LogP contribution in [0.15, 0.2) is 48.5 Å². The number of amides is 2. The molecule has 0 saturated carbocycles. The van der Waals surface area contributed by atoms with Gasteiger partial charge in [-0.15, -0.1) is 0 Å². The number of hydrogen-bond donors (Lipinski definition) is 2. The predicted molar refractivity (Wildman–Crippen MR) is 89.9 cm³/mol. The van der Waals surface area contributed by atoms with Crippen LogP contribution in [0.5, 0.6) is 11.5 Å². The second-order valence-corrected chi connectivity index (χ2v) is 5.26. The van der Waals surface area contributed by atoms with Crippen molar-refractivity contribution >= 4 is 23.4 Å². The van der Waals surface area contributed by atoms with Gasteiger partial charge in [0.2, 0.25) is 5.91 Å². The van der Waals surface area contributed by atoms with Crippen molar-refractivity contribution in [1.29, 1.82) is 0 Å². The molecule has 0 spiro atoms. The van der Waals surface area contributed by atoms with E-state index in [1.807, 2.05) is 12.1 Å². The number of rotatable bonds is 6. The van der Waals surface area contributed by atoms with E-state index in [0.717, 1.165) is 5.56 Å². The third kappa shape index (κ3) is 5.48. The topological polar surface area (TPSA) is 76.7 Å². The van der Waals surface area contributed by atoms with Crippen molar-refractivity contribution in [2.24, 2.45) is 0 Å². The van der Waals surface area contributed by atoms with Gasteiger partial charge in [0, 0.05) is 10.6 Å². The lowest BCUT2D eigenvalue weighted by Gasteiger charge is -2.10. The first-order valence-electron chi connectivity index (χ1n) is 7.16. The maximum absolute atomic E-state index is 11.9. The van der Waals surface area contributed by atoms with Crippen molar-refractivity contribution < 1.29 is 19.1 Å². The zero-order chi connectivity index (χ0) is 17.4. The average molecular weight is 349 g/mol. The minimum Gasteiger partial charge on any atom is -0.496 e. The minimum absolute atomic E-state index is 0.0856. The summed E-state index contributed by atoms with van der Waals surface area (Å²) in [6.45, 7) is -0.226. The Hall–Kier alpha value is -2.73. The highest BCUT2D eigenvalue weighted by Crippen LogP contribution is 2.17. The van der Waals surface area contributed by atoms with Gasteiger partial charge in [0.1, 0.15) is 11.5 Å². The van der Waals surface area contributed by atoms with Crippen molar-refractivity contribution in [2.75, 3.05) is 13.7 Å². The summed E-state index contributed by atoms with van der Waals surface area (Å²) in [4.78, 5) is 23.5. The molecule has 0 aliphatic carbocycles. The van der Waals surface area contributed by atoms with Gasteiger partial charge in [-0.3, -0.25) is 20.4 Å². The van der Waals surface area contributed by atoms with Gasteiger partial charge in [0.15, 0.2) is 6.61 Å². The van der Waals surface area contributed by atoms with Gasteiger partial charge >= 0.3 is 0 Å². The number of ether oxygens (including phenoxy) is 2. The molecule has 0 unspecified atom stereocenters. The molecular formula is C17H17ClN2O4. The molecule has 2 aromatic rings. The molecule has 126 valence electrons. The van der Waals surface area contributed by atoms with Crippen LogP contribution in [0.2, 0.25) is 5.02 Å². The summed E-state index contributed by atoms with van der Waals surface area (Å²) in [5.41, 5.74) is 5.35. The Balaban J connectivity index is 1.74. The number of methoxy groups -OCH3 is 1. The van der Waals surface area contributed by atoms with E-state index in [0.29, 0.717) is 16.5 Å². The highest BCUT2D eigenvalue weighted by Gasteiger charge is 2.09. The molecule has 7 heteroatoms. The van der Waals surface area contributed by atoms with Crippen LogP contribution in [0.25, 0.3) is 0 Å². The van der Waals surface area contributed by atoms with Crippen LogP contribution in [0.3, 0.4) is 0 Å². The molecule has 0 bridgehead atoms. The van der Waals surface area contributed by atoms with Crippen LogP contribution in [-0.2, 0) is 16.0 Å². The van der Waals surface area contributed by atoms with Gasteiger partial charge in [-0.1, -0.05) is 29.8 Å². The van der Waals surface area contributed by atoms with Gasteiger partial charge in [-0.2, -0.15) is 0 Å². The fourth-order valence-electron chi connectivity index (χ4n) is 1.92. The summed E-state index contributed by atoms with van der Waals surface area (Å²) in [7, 11) is 1.53. The molecule has 2 N–H and O–H groups in total. The van der Waals surface area contributed by atoms with Crippen LogP contribution < -0.4 is 20.3 Å². The van der Waals surface area contributed by atoms with Crippen molar-refractivity contribution in [3.8, 4) is 11.5 Å². The lowest BCUT2D eigenvalue weighted by molar-refractivity contribution is -0.129. The maximum Gasteiger partial charge on any atom is 0.276 e. The third-order valence-corrected chi connectivity index (χ3v) is 3.32. The van der Waals surface area contributed by atoms with E-state index >= 15 is 0 Å². The number of nitrogens with one attached hydrogen (secondary N) is 2. The average Bonchev–Trinajstić information content (AvgIpc) is 2.60. The molecule has 0 aliphatic heterocycles. The summed E-state index contributed by atoms with van der Waals surface area (Å²) in [6.07, 6.45) is 0.0856. The molecule has 2 aromatic carbocycles. The summed E-state index contributed by atoms with van der Waals surface area (Å²) in [5.74, 6) is 0.289. The largest absolute Gasteiger partial charge is 0.496 e. The smallest absolute Gasteiger partial charge is 0.276 e. The first kappa shape index (κ1) is 17.6. The summed E-state index contributed by atoms with van der Waals surface area (Å²) in [6, 6.07) is 13.8. The molecule has 24 heavy (non-hydrogen) atoms. The Bertz CT molecular complexity index is 704. The summed E-state index contributed by atoms with van der Waals surface area (Å²) < 4.78 is 10.4. The number of para-hydroxylation sites is 1. The van der Waals surface area contributed by atoms with E-state index in [9.17, 15) is 9.59 Å². The molecule has 0 heterocycles. The summed E-state index contributed by atoms with van der Waals surface area (Å²) in [5, 5.41) is 0.579. The van der Waals surface area contributed by atoms with Crippen LogP contribution >= 0.6 is 11.6 Å². The van der Waals surface area contributed by atoms with E-state index in [1.165, 1.54) is 7.11 Å². The monoisotopic (exact) mass is 348 g/mol. The normalized spacial score (nSPS) is 9.92. The number of benzene rings is 2. The van der Waals surface area contributed by atoms with E-state index in [4.69, 9.17) is 21.1 Å². The zero-order valence-corrected chi connectivity index (χ0v) is 13.8. The van der Waals surface area contributed by atoms with E-state index in [1.54, 1.807) is 36.4 Å². The standard InChI is InChI=1S/C17H17ClN2O4/c1-23-15-5-3-2-4-12(15)10-16(21)19-20-17(22)11-24-14-8-6-13(18)7-9-14/h2-9H,10-11H2,1H3,(H,19,21)(H,20,22). The molecular weight excluding hydrogens is 332 g/mol. The Labute approximate surface area is 144 Å². The first-order valence-corrected chi connectivity index (χ1v) is 7.54. The number of carbonyl (C=O) groups excluding carboxylic acids is 2. The first-order chi connectivity index (χ1) is 11.6. The lowest BCUT2D eigenvalue weighted by atomic mass is 10.1. The highest BCUT2D eigenvalue weighted by molar-refractivity contribution is 6.30. The Kier molecular flexibility index (Phi) is 6.45. The fraction of sp³-hybridized carbons (Fsp3) is 0.176. The minimum atomic E-state index is -0.474. The second-order valence-electron chi connectivity index (χ2n) is 4.83. The zero-order valence-electron chi connectivity index (χ0n) is 13.0. The number of hydrogen-bond acceptors (Lipinski definition) is 4. The molecule has 6 nitrogen and oxygen atoms in total. The van der Waals surface area contributed by atoms with E-state index in [-0.39, 0.29) is 18.9 Å². The van der Waals surface area contributed by atoms with Gasteiger partial charge < -0.3 is 9.47 Å². The Morgan fingerprint density at radius 2 is 1.67 bits per heavy atom. The van der Waals surface area contributed by atoms with Gasteiger partial charge in [-0.05, 0) is 30.3 Å². The molecule has 2 rings (SSSR count). The molecule has 0 saturated heterocycles. The number of hydrazine groups is 1. The molecule has 2 amide bonds. The van der Waals surface area contributed by atoms with Gasteiger partial charge in [0.25, 0.3) is 5.91 Å². The van der Waals surface area contributed by atoms with Crippen LogP contribution in [0.1, 0.15) is 5.56 Å². The summed E-state index contributed by atoms with van der Waals surface area (Å²) >= 11 is 5.76. The highest BCUT2D eigenvalue weighted by atomic mass is 35.5. The van der Waals surface area contributed by atoms with Crippen molar-refractivity contribution in [1.82, 2.24) is 10.9 Å². The Morgan fingerprint density at radius 1 is 1.00 bits per heavy atom. The Morgan fingerprint density at radius 3 is 2.38 bits per heavy atom. The van der Waals surface area contributed by atoms with Gasteiger partial charge in [0.05, 0.1) is 13.5 Å². The van der Waals surface area contributed by atoms with E-state index in [2.05, 4.69) is 10.9 Å². The number of carbonyl (C=O) groups is 2. The molecule has 0 radical (unpaired) electrons. The molecule has 0 aromatic heterocycles. The fourth-order valence-corrected chi connectivity index (χ4v) is 2.05. The maximum atomic E-state index is 11.9. The SMILES string of the molecule is COc1ccccc1CC(=O)NNC(=O)COc1ccc(Cl)cc1. The molecule has 0 atom stereocenters.